The molecular formula is C18H25NO3. The summed E-state index contributed by atoms with van der Waals surface area (Å²) < 4.78 is 10.7. The molecule has 0 unspecified atom stereocenters. The molecule has 0 saturated heterocycles. The molecule has 4 heteroatoms. The number of ether oxygens (including phenoxy) is 2. The van der Waals surface area contributed by atoms with E-state index in [0.717, 1.165) is 19.3 Å². The first kappa shape index (κ1) is 17.9. The molecule has 1 aromatic carbocycles. The highest BCUT2D eigenvalue weighted by Crippen LogP contribution is 2.28. The van der Waals surface area contributed by atoms with Crippen molar-refractivity contribution < 1.29 is 14.3 Å². The number of amides is 1. The summed E-state index contributed by atoms with van der Waals surface area (Å²) in [5.74, 6) is 3.33. The first-order valence-electron chi connectivity index (χ1n) is 7.62. The number of nitrogens with one attached hydrogen (secondary N) is 1. The quantitative estimate of drug-likeness (QED) is 0.749. The molecule has 120 valence electrons. The van der Waals surface area contributed by atoms with Crippen LogP contribution in [0.3, 0.4) is 0 Å². The molecule has 4 nitrogen and oxygen atoms in total. The lowest BCUT2D eigenvalue weighted by atomic mass is 9.89. The van der Waals surface area contributed by atoms with Crippen molar-refractivity contribution in [3.8, 4) is 23.8 Å². The fourth-order valence-corrected chi connectivity index (χ4v) is 2.38. The standard InChI is InChI=1S/C18H25NO3/c1-6-12-22-15-11-10-14(13-16(15)21-5)17(20)19-18(7-2,8-3)9-4/h1,10-11,13H,7-9,12H2,2-5H3,(H,19,20). The maximum Gasteiger partial charge on any atom is 0.251 e. The molecular weight excluding hydrogens is 278 g/mol. The Kier molecular flexibility index (Phi) is 6.78. The van der Waals surface area contributed by atoms with Crippen LogP contribution in [0.25, 0.3) is 0 Å². The predicted molar refractivity (Wildman–Crippen MR) is 88.4 cm³/mol. The second-order valence-electron chi connectivity index (χ2n) is 5.15. The number of benzene rings is 1. The van der Waals surface area contributed by atoms with Crippen molar-refractivity contribution in [2.75, 3.05) is 13.7 Å². The summed E-state index contributed by atoms with van der Waals surface area (Å²) in [5, 5.41) is 3.14. The molecule has 0 fully saturated rings. The zero-order valence-corrected chi connectivity index (χ0v) is 13.9. The molecule has 0 radical (unpaired) electrons. The zero-order valence-electron chi connectivity index (χ0n) is 13.9. The van der Waals surface area contributed by atoms with Gasteiger partial charge in [0.25, 0.3) is 5.91 Å². The van der Waals surface area contributed by atoms with Crippen LogP contribution in [0, 0.1) is 12.3 Å². The summed E-state index contributed by atoms with van der Waals surface area (Å²) in [6, 6.07) is 5.10. The summed E-state index contributed by atoms with van der Waals surface area (Å²) in [6.07, 6.45) is 7.87. The fourth-order valence-electron chi connectivity index (χ4n) is 2.38. The molecule has 0 atom stereocenters. The van der Waals surface area contributed by atoms with E-state index in [-0.39, 0.29) is 18.1 Å². The molecule has 1 N–H and O–H groups in total. The van der Waals surface area contributed by atoms with Gasteiger partial charge in [0.1, 0.15) is 6.61 Å². The van der Waals surface area contributed by atoms with Crippen LogP contribution in [0.2, 0.25) is 0 Å². The lowest BCUT2D eigenvalue weighted by Gasteiger charge is -2.31. The predicted octanol–water partition coefficient (Wildman–Crippen LogP) is 3.41. The van der Waals surface area contributed by atoms with E-state index < -0.39 is 0 Å². The van der Waals surface area contributed by atoms with Crippen LogP contribution in [0.1, 0.15) is 50.4 Å². The molecule has 1 amide bonds. The Hall–Kier alpha value is -2.15. The molecule has 0 aromatic heterocycles. The molecule has 0 saturated carbocycles. The van der Waals surface area contributed by atoms with E-state index in [1.54, 1.807) is 18.2 Å². The minimum absolute atomic E-state index is 0.104. The van der Waals surface area contributed by atoms with E-state index in [1.165, 1.54) is 7.11 Å². The summed E-state index contributed by atoms with van der Waals surface area (Å²) in [4.78, 5) is 12.5. The molecule has 0 aliphatic carbocycles. The summed E-state index contributed by atoms with van der Waals surface area (Å²) >= 11 is 0. The molecule has 0 heterocycles. The Balaban J connectivity index is 2.97. The fraction of sp³-hybridized carbons (Fsp3) is 0.500. The van der Waals surface area contributed by atoms with Gasteiger partial charge in [-0.3, -0.25) is 4.79 Å². The van der Waals surface area contributed by atoms with Crippen LogP contribution in [0.5, 0.6) is 11.5 Å². The second-order valence-corrected chi connectivity index (χ2v) is 5.15. The number of hydrogen-bond acceptors (Lipinski definition) is 3. The van der Waals surface area contributed by atoms with Gasteiger partial charge in [0.05, 0.1) is 7.11 Å². The highest BCUT2D eigenvalue weighted by Gasteiger charge is 2.26. The molecule has 0 bridgehead atoms. The SMILES string of the molecule is C#CCOc1ccc(C(=O)NC(CC)(CC)CC)cc1OC. The summed E-state index contributed by atoms with van der Waals surface area (Å²) in [6.45, 7) is 6.42. The molecule has 1 rings (SSSR count). The Morgan fingerprint density at radius 1 is 1.23 bits per heavy atom. The van der Waals surface area contributed by atoms with Crippen molar-refractivity contribution in [1.29, 1.82) is 0 Å². The average molecular weight is 303 g/mol. The van der Waals surface area contributed by atoms with Crippen LogP contribution in [-0.2, 0) is 0 Å². The van der Waals surface area contributed by atoms with Crippen molar-refractivity contribution in [3.05, 3.63) is 23.8 Å². The van der Waals surface area contributed by atoms with Gasteiger partial charge in [0.2, 0.25) is 0 Å². The van der Waals surface area contributed by atoms with Gasteiger partial charge in [-0.25, -0.2) is 0 Å². The monoisotopic (exact) mass is 303 g/mol. The minimum Gasteiger partial charge on any atom is -0.493 e. The van der Waals surface area contributed by atoms with Crippen LogP contribution in [0.15, 0.2) is 18.2 Å². The highest BCUT2D eigenvalue weighted by molar-refractivity contribution is 5.95. The first-order valence-corrected chi connectivity index (χ1v) is 7.62. The van der Waals surface area contributed by atoms with Gasteiger partial charge in [0, 0.05) is 11.1 Å². The number of carbonyl (C=O) groups excluding carboxylic acids is 1. The number of methoxy groups -OCH3 is 1. The lowest BCUT2D eigenvalue weighted by molar-refractivity contribution is 0.0888. The topological polar surface area (TPSA) is 47.6 Å². The molecule has 22 heavy (non-hydrogen) atoms. The van der Waals surface area contributed by atoms with Crippen LogP contribution >= 0.6 is 0 Å². The number of rotatable bonds is 8. The second kappa shape index (κ2) is 8.33. The lowest BCUT2D eigenvalue weighted by Crippen LogP contribution is -2.47. The van der Waals surface area contributed by atoms with Gasteiger partial charge in [-0.05, 0) is 37.5 Å². The van der Waals surface area contributed by atoms with Crippen LogP contribution < -0.4 is 14.8 Å². The average Bonchev–Trinajstić information content (AvgIpc) is 2.57. The smallest absolute Gasteiger partial charge is 0.251 e. The zero-order chi connectivity index (χ0) is 16.6. The number of carbonyl (C=O) groups is 1. The Bertz CT molecular complexity index is 533. The molecule has 0 aliphatic heterocycles. The van der Waals surface area contributed by atoms with Crippen LogP contribution in [0.4, 0.5) is 0 Å². The van der Waals surface area contributed by atoms with E-state index in [4.69, 9.17) is 15.9 Å². The largest absolute Gasteiger partial charge is 0.493 e. The third-order valence-electron chi connectivity index (χ3n) is 4.15. The highest BCUT2D eigenvalue weighted by atomic mass is 16.5. The normalized spacial score (nSPS) is 10.7. The summed E-state index contributed by atoms with van der Waals surface area (Å²) in [7, 11) is 1.54. The van der Waals surface area contributed by atoms with Crippen molar-refractivity contribution in [3.63, 3.8) is 0 Å². The number of terminal acetylenes is 1. The molecule has 1 aromatic rings. The third kappa shape index (κ3) is 4.17. The summed E-state index contributed by atoms with van der Waals surface area (Å²) in [5.41, 5.74) is 0.382. The van der Waals surface area contributed by atoms with Gasteiger partial charge in [-0.2, -0.15) is 0 Å². The van der Waals surface area contributed by atoms with Gasteiger partial charge < -0.3 is 14.8 Å². The van der Waals surface area contributed by atoms with Crippen LogP contribution in [-0.4, -0.2) is 25.2 Å². The van der Waals surface area contributed by atoms with Crippen molar-refractivity contribution in [2.45, 2.75) is 45.6 Å². The first-order chi connectivity index (χ1) is 10.6. The van der Waals surface area contributed by atoms with E-state index >= 15 is 0 Å². The van der Waals surface area contributed by atoms with Gasteiger partial charge >= 0.3 is 0 Å². The maximum absolute atomic E-state index is 12.5. The van der Waals surface area contributed by atoms with Crippen molar-refractivity contribution in [2.24, 2.45) is 0 Å². The van der Waals surface area contributed by atoms with E-state index in [0.29, 0.717) is 17.1 Å². The van der Waals surface area contributed by atoms with Crippen molar-refractivity contribution >= 4 is 5.91 Å². The van der Waals surface area contributed by atoms with Crippen molar-refractivity contribution in [1.82, 2.24) is 5.32 Å². The van der Waals surface area contributed by atoms with Gasteiger partial charge in [-0.1, -0.05) is 26.7 Å². The molecule has 0 spiro atoms. The number of hydrogen-bond donors (Lipinski definition) is 1. The Morgan fingerprint density at radius 3 is 2.36 bits per heavy atom. The third-order valence-corrected chi connectivity index (χ3v) is 4.15. The Morgan fingerprint density at radius 2 is 1.86 bits per heavy atom. The maximum atomic E-state index is 12.5. The molecule has 0 aliphatic rings. The van der Waals surface area contributed by atoms with Gasteiger partial charge in [0.15, 0.2) is 11.5 Å². The minimum atomic E-state index is -0.164. The van der Waals surface area contributed by atoms with Gasteiger partial charge in [-0.15, -0.1) is 6.42 Å². The van der Waals surface area contributed by atoms with E-state index in [9.17, 15) is 4.79 Å². The van der Waals surface area contributed by atoms with E-state index in [1.807, 2.05) is 0 Å². The van der Waals surface area contributed by atoms with E-state index in [2.05, 4.69) is 32.0 Å². The Labute approximate surface area is 133 Å².